The minimum atomic E-state index is -0.533. The summed E-state index contributed by atoms with van der Waals surface area (Å²) in [6.45, 7) is 12.0. The Labute approximate surface area is 205 Å². The molecule has 4 aliphatic carbocycles. The van der Waals surface area contributed by atoms with Crippen molar-refractivity contribution in [3.63, 3.8) is 0 Å². The van der Waals surface area contributed by atoms with E-state index < -0.39 is 6.10 Å². The number of esters is 1. The van der Waals surface area contributed by atoms with E-state index in [2.05, 4.69) is 27.7 Å². The maximum Gasteiger partial charge on any atom is 0.302 e. The Morgan fingerprint density at radius 1 is 1.00 bits per heavy atom. The van der Waals surface area contributed by atoms with Crippen molar-refractivity contribution < 1.29 is 24.1 Å². The fraction of sp³-hybridized carbons (Fsp3) is 0.966. The van der Waals surface area contributed by atoms with Gasteiger partial charge in [0.05, 0.1) is 18.8 Å². The molecule has 0 aromatic heterocycles. The summed E-state index contributed by atoms with van der Waals surface area (Å²) in [6.07, 6.45) is 9.54. The van der Waals surface area contributed by atoms with Gasteiger partial charge in [0.1, 0.15) is 6.10 Å². The van der Waals surface area contributed by atoms with Crippen LogP contribution < -0.4 is 0 Å². The van der Waals surface area contributed by atoms with E-state index in [9.17, 15) is 9.90 Å². The molecule has 5 nitrogen and oxygen atoms in total. The van der Waals surface area contributed by atoms with Crippen LogP contribution in [0.3, 0.4) is 0 Å². The first-order valence-electron chi connectivity index (χ1n) is 14.2. The Bertz CT molecular complexity index is 819. The van der Waals surface area contributed by atoms with Gasteiger partial charge in [0.15, 0.2) is 5.79 Å². The zero-order valence-electron chi connectivity index (χ0n) is 21.9. The van der Waals surface area contributed by atoms with Crippen LogP contribution in [0.1, 0.15) is 92.4 Å². The highest BCUT2D eigenvalue weighted by molar-refractivity contribution is 5.66. The van der Waals surface area contributed by atoms with Gasteiger partial charge < -0.3 is 19.3 Å². The van der Waals surface area contributed by atoms with Crippen LogP contribution in [-0.2, 0) is 19.0 Å². The van der Waals surface area contributed by atoms with Gasteiger partial charge in [-0.05, 0) is 97.7 Å². The van der Waals surface area contributed by atoms with E-state index in [1.165, 1.54) is 45.4 Å². The molecular formula is C29H46O5. The number of carbonyl (C=O) groups excluding carboxylic acids is 1. The molecule has 0 radical (unpaired) electrons. The average Bonchev–Trinajstić information content (AvgIpc) is 3.21. The standard InChI is InChI=1S/C29H46O5/c1-16-8-11-29(32-15-16)17(2)26-25(34-29)13-22-20-7-6-19-12-24(33-18(3)30)23(31)14-28(19,5)21(20)9-10-27(22,26)4/h16-17,19-26,31H,6-15H2,1-5H3/t16-,17+,19+,20-,21+,22+,23+,24+,25+,26+,27+,28+,29-/m1/s1. The number of hydrogen-bond acceptors (Lipinski definition) is 5. The van der Waals surface area contributed by atoms with Gasteiger partial charge >= 0.3 is 5.97 Å². The van der Waals surface area contributed by atoms with Gasteiger partial charge in [-0.2, -0.15) is 0 Å². The summed E-state index contributed by atoms with van der Waals surface area (Å²) in [7, 11) is 0. The van der Waals surface area contributed by atoms with Crippen LogP contribution in [-0.4, -0.2) is 41.8 Å². The van der Waals surface area contributed by atoms with E-state index in [-0.39, 0.29) is 23.3 Å². The number of aliphatic hydroxyl groups is 1. The molecule has 6 rings (SSSR count). The third-order valence-electron chi connectivity index (χ3n) is 12.2. The minimum Gasteiger partial charge on any atom is -0.460 e. The van der Waals surface area contributed by atoms with Crippen molar-refractivity contribution in [1.82, 2.24) is 0 Å². The monoisotopic (exact) mass is 474 g/mol. The molecule has 192 valence electrons. The van der Waals surface area contributed by atoms with E-state index in [4.69, 9.17) is 14.2 Å². The van der Waals surface area contributed by atoms with Crippen molar-refractivity contribution in [3.8, 4) is 0 Å². The maximum atomic E-state index is 11.6. The molecule has 13 atom stereocenters. The van der Waals surface area contributed by atoms with Gasteiger partial charge in [-0.25, -0.2) is 0 Å². The van der Waals surface area contributed by atoms with Crippen LogP contribution in [0.5, 0.6) is 0 Å². The lowest BCUT2D eigenvalue weighted by Crippen LogP contribution is -2.57. The molecule has 0 unspecified atom stereocenters. The third-order valence-corrected chi connectivity index (χ3v) is 12.2. The zero-order valence-corrected chi connectivity index (χ0v) is 21.9. The number of ether oxygens (including phenoxy) is 3. The Morgan fingerprint density at radius 3 is 2.50 bits per heavy atom. The summed E-state index contributed by atoms with van der Waals surface area (Å²) in [5.74, 6) is 3.74. The molecule has 1 spiro atoms. The number of aliphatic hydroxyl groups excluding tert-OH is 1. The second-order valence-corrected chi connectivity index (χ2v) is 13.8. The minimum absolute atomic E-state index is 0.147. The van der Waals surface area contributed by atoms with E-state index in [1.54, 1.807) is 0 Å². The highest BCUT2D eigenvalue weighted by Gasteiger charge is 2.69. The molecule has 0 amide bonds. The topological polar surface area (TPSA) is 65.0 Å². The van der Waals surface area contributed by atoms with Gasteiger partial charge in [-0.15, -0.1) is 0 Å². The first-order chi connectivity index (χ1) is 16.1. The predicted octanol–water partition coefficient (Wildman–Crippen LogP) is 5.34. The van der Waals surface area contributed by atoms with E-state index in [0.29, 0.717) is 47.0 Å². The molecule has 2 saturated heterocycles. The molecule has 2 heterocycles. The predicted molar refractivity (Wildman–Crippen MR) is 129 cm³/mol. The van der Waals surface area contributed by atoms with Crippen molar-refractivity contribution >= 4 is 5.97 Å². The second-order valence-electron chi connectivity index (χ2n) is 13.8. The van der Waals surface area contributed by atoms with Crippen LogP contribution in [0.15, 0.2) is 0 Å². The number of carbonyl (C=O) groups is 1. The third kappa shape index (κ3) is 3.24. The van der Waals surface area contributed by atoms with Crippen LogP contribution in [0.25, 0.3) is 0 Å². The molecule has 2 aliphatic heterocycles. The number of hydrogen-bond donors (Lipinski definition) is 1. The molecule has 6 aliphatic rings. The van der Waals surface area contributed by atoms with E-state index in [0.717, 1.165) is 31.8 Å². The molecular weight excluding hydrogens is 428 g/mol. The van der Waals surface area contributed by atoms with Gasteiger partial charge in [0, 0.05) is 19.3 Å². The van der Waals surface area contributed by atoms with Crippen LogP contribution in [0, 0.1) is 52.3 Å². The highest BCUT2D eigenvalue weighted by Crippen LogP contribution is 2.71. The molecule has 1 N–H and O–H groups in total. The summed E-state index contributed by atoms with van der Waals surface area (Å²) in [5, 5.41) is 11.0. The number of fused-ring (bicyclic) bond motifs is 7. The van der Waals surface area contributed by atoms with Crippen molar-refractivity contribution in [2.24, 2.45) is 52.3 Å². The highest BCUT2D eigenvalue weighted by atomic mass is 16.7. The summed E-state index contributed by atoms with van der Waals surface area (Å²) in [5.41, 5.74) is 0.478. The van der Waals surface area contributed by atoms with Crippen LogP contribution in [0.4, 0.5) is 0 Å². The normalized spacial score (nSPS) is 58.5. The van der Waals surface area contributed by atoms with Crippen molar-refractivity contribution in [2.75, 3.05) is 6.61 Å². The lowest BCUT2D eigenvalue weighted by Gasteiger charge is -2.61. The van der Waals surface area contributed by atoms with Gasteiger partial charge in [0.25, 0.3) is 0 Å². The molecule has 6 fully saturated rings. The summed E-state index contributed by atoms with van der Waals surface area (Å²) in [6, 6.07) is 0. The lowest BCUT2D eigenvalue weighted by molar-refractivity contribution is -0.273. The van der Waals surface area contributed by atoms with E-state index in [1.807, 2.05) is 0 Å². The van der Waals surface area contributed by atoms with Crippen molar-refractivity contribution in [1.29, 1.82) is 0 Å². The largest absolute Gasteiger partial charge is 0.460 e. The van der Waals surface area contributed by atoms with Gasteiger partial charge in [0.2, 0.25) is 0 Å². The molecule has 34 heavy (non-hydrogen) atoms. The molecule has 4 saturated carbocycles. The smallest absolute Gasteiger partial charge is 0.302 e. The second kappa shape index (κ2) is 7.92. The fourth-order valence-electron chi connectivity index (χ4n) is 10.6. The zero-order chi connectivity index (χ0) is 24.0. The Kier molecular flexibility index (Phi) is 5.53. The van der Waals surface area contributed by atoms with Crippen molar-refractivity contribution in [2.45, 2.75) is 117 Å². The van der Waals surface area contributed by atoms with Crippen LogP contribution >= 0.6 is 0 Å². The Morgan fingerprint density at radius 2 is 1.79 bits per heavy atom. The summed E-state index contributed by atoms with van der Waals surface area (Å²) < 4.78 is 18.9. The van der Waals surface area contributed by atoms with E-state index >= 15 is 0 Å². The fourth-order valence-corrected chi connectivity index (χ4v) is 10.6. The maximum absolute atomic E-state index is 11.6. The van der Waals surface area contributed by atoms with Crippen molar-refractivity contribution in [3.05, 3.63) is 0 Å². The average molecular weight is 475 g/mol. The molecule has 0 aromatic rings. The first-order valence-corrected chi connectivity index (χ1v) is 14.2. The molecule has 0 aromatic carbocycles. The molecule has 0 bridgehead atoms. The Hall–Kier alpha value is -0.650. The Balaban J connectivity index is 1.22. The lowest BCUT2D eigenvalue weighted by atomic mass is 9.44. The summed E-state index contributed by atoms with van der Waals surface area (Å²) >= 11 is 0. The number of rotatable bonds is 1. The molecule has 5 heteroatoms. The SMILES string of the molecule is CC(=O)O[C@H]1C[C@@H]2CC[C@@H]3[C@H](CC[C@]4(C)[C@@H]5[C@H](C[C@@H]34)O[C@]3(CC[C@@H](C)CO3)[C@H]5C)[C@@]2(C)C[C@@H]1O. The van der Waals surface area contributed by atoms with Crippen LogP contribution in [0.2, 0.25) is 0 Å². The quantitative estimate of drug-likeness (QED) is 0.520. The first kappa shape index (κ1) is 23.7. The summed E-state index contributed by atoms with van der Waals surface area (Å²) in [4.78, 5) is 11.6. The van der Waals surface area contributed by atoms with Gasteiger partial charge in [-0.1, -0.05) is 27.7 Å². The van der Waals surface area contributed by atoms with Gasteiger partial charge in [-0.3, -0.25) is 4.79 Å².